The molecule has 0 aromatic carbocycles. The van der Waals surface area contributed by atoms with Crippen molar-refractivity contribution in [3.8, 4) is 11.1 Å². The first-order valence-corrected chi connectivity index (χ1v) is 12.2. The standard InChI is InChI=1S/C26H32N6O2/c1-19-16-23(28-29(19)2)26(34)31-13-8-24-21(18-31)17-22(20-6-9-27-10-7-20)25(33)32(24)15-14-30-11-4-3-5-12-30/h6-7,9-10,16-17H,3-5,8,11-15,18H2,1-2H3. The molecule has 1 fully saturated rings. The molecule has 0 atom stereocenters. The average Bonchev–Trinajstić information content (AvgIpc) is 3.21. The number of pyridine rings is 2. The fourth-order valence-electron chi connectivity index (χ4n) is 5.12. The second-order valence-electron chi connectivity index (χ2n) is 9.40. The van der Waals surface area contributed by atoms with E-state index in [1.54, 1.807) is 17.1 Å². The third kappa shape index (κ3) is 4.42. The number of carbonyl (C=O) groups excluding carboxylic acids is 1. The monoisotopic (exact) mass is 460 g/mol. The van der Waals surface area contributed by atoms with Crippen molar-refractivity contribution in [3.05, 3.63) is 69.7 Å². The van der Waals surface area contributed by atoms with E-state index in [4.69, 9.17) is 0 Å². The van der Waals surface area contributed by atoms with Crippen LogP contribution >= 0.6 is 0 Å². The molecule has 0 unspecified atom stereocenters. The fourth-order valence-corrected chi connectivity index (χ4v) is 5.12. The Morgan fingerprint density at radius 3 is 2.50 bits per heavy atom. The molecule has 0 N–H and O–H groups in total. The fraction of sp³-hybridized carbons (Fsp3) is 0.462. The van der Waals surface area contributed by atoms with Crippen LogP contribution < -0.4 is 5.56 Å². The van der Waals surface area contributed by atoms with Gasteiger partial charge in [0.25, 0.3) is 11.5 Å². The molecule has 0 radical (unpaired) electrons. The number of likely N-dealkylation sites (tertiary alicyclic amines) is 1. The van der Waals surface area contributed by atoms with E-state index in [-0.39, 0.29) is 11.5 Å². The number of piperidine rings is 1. The molecule has 8 heteroatoms. The number of amides is 1. The Morgan fingerprint density at radius 2 is 1.79 bits per heavy atom. The van der Waals surface area contributed by atoms with Gasteiger partial charge < -0.3 is 14.4 Å². The minimum Gasteiger partial charge on any atom is -0.332 e. The van der Waals surface area contributed by atoms with Crippen molar-refractivity contribution in [3.63, 3.8) is 0 Å². The van der Waals surface area contributed by atoms with Crippen molar-refractivity contribution < 1.29 is 4.79 Å². The van der Waals surface area contributed by atoms with Crippen molar-refractivity contribution in [1.29, 1.82) is 0 Å². The second-order valence-corrected chi connectivity index (χ2v) is 9.40. The number of nitrogens with zero attached hydrogens (tertiary/aromatic N) is 6. The Labute approximate surface area is 199 Å². The Balaban J connectivity index is 1.48. The van der Waals surface area contributed by atoms with E-state index in [1.165, 1.54) is 19.3 Å². The predicted molar refractivity (Wildman–Crippen MR) is 131 cm³/mol. The number of rotatable bonds is 5. The SMILES string of the molecule is Cc1cc(C(=O)N2CCc3c(cc(-c4ccncc4)c(=O)n3CCN3CCCCC3)C2)nn1C. The van der Waals surface area contributed by atoms with Gasteiger partial charge in [-0.25, -0.2) is 0 Å². The summed E-state index contributed by atoms with van der Waals surface area (Å²) in [4.78, 5) is 35.2. The molecule has 3 aromatic heterocycles. The summed E-state index contributed by atoms with van der Waals surface area (Å²) in [6.07, 6.45) is 7.85. The number of carbonyl (C=O) groups is 1. The van der Waals surface area contributed by atoms with Crippen LogP contribution in [0.5, 0.6) is 0 Å². The highest BCUT2D eigenvalue weighted by molar-refractivity contribution is 5.92. The van der Waals surface area contributed by atoms with Gasteiger partial charge in [0.1, 0.15) is 0 Å². The molecule has 8 nitrogen and oxygen atoms in total. The van der Waals surface area contributed by atoms with Crippen molar-refractivity contribution in [2.45, 2.75) is 45.7 Å². The first-order valence-electron chi connectivity index (χ1n) is 12.2. The molecular weight excluding hydrogens is 428 g/mol. The quantitative estimate of drug-likeness (QED) is 0.585. The van der Waals surface area contributed by atoms with Crippen LogP contribution in [0.3, 0.4) is 0 Å². The highest BCUT2D eigenvalue weighted by Gasteiger charge is 2.27. The zero-order valence-corrected chi connectivity index (χ0v) is 20.0. The Hall–Kier alpha value is -3.26. The molecule has 5 heterocycles. The van der Waals surface area contributed by atoms with E-state index in [0.717, 1.165) is 42.1 Å². The van der Waals surface area contributed by atoms with Gasteiger partial charge in [0.15, 0.2) is 5.69 Å². The smallest absolute Gasteiger partial charge is 0.274 e. The lowest BCUT2D eigenvalue weighted by atomic mass is 9.99. The first kappa shape index (κ1) is 22.5. The molecule has 34 heavy (non-hydrogen) atoms. The third-order valence-electron chi connectivity index (χ3n) is 7.17. The summed E-state index contributed by atoms with van der Waals surface area (Å²) in [5, 5.41) is 4.38. The van der Waals surface area contributed by atoms with Crippen LogP contribution in [-0.2, 0) is 26.6 Å². The third-order valence-corrected chi connectivity index (χ3v) is 7.17. The summed E-state index contributed by atoms with van der Waals surface area (Å²) in [6.45, 7) is 6.76. The van der Waals surface area contributed by atoms with Crippen LogP contribution in [-0.4, -0.2) is 61.2 Å². The molecule has 178 valence electrons. The van der Waals surface area contributed by atoms with Gasteiger partial charge in [-0.3, -0.25) is 19.3 Å². The zero-order valence-electron chi connectivity index (χ0n) is 20.0. The summed E-state index contributed by atoms with van der Waals surface area (Å²) < 4.78 is 3.69. The number of fused-ring (bicyclic) bond motifs is 1. The van der Waals surface area contributed by atoms with E-state index >= 15 is 0 Å². The van der Waals surface area contributed by atoms with Crippen molar-refractivity contribution in [2.75, 3.05) is 26.2 Å². The molecule has 1 saturated heterocycles. The van der Waals surface area contributed by atoms with Crippen LogP contribution in [0, 0.1) is 6.92 Å². The molecule has 3 aromatic rings. The summed E-state index contributed by atoms with van der Waals surface area (Å²) in [6, 6.07) is 7.56. The van der Waals surface area contributed by atoms with Gasteiger partial charge in [-0.1, -0.05) is 6.42 Å². The minimum absolute atomic E-state index is 0.0436. The number of hydrogen-bond donors (Lipinski definition) is 0. The lowest BCUT2D eigenvalue weighted by molar-refractivity contribution is 0.0725. The van der Waals surface area contributed by atoms with Crippen LogP contribution in [0.1, 0.15) is 46.7 Å². The van der Waals surface area contributed by atoms with E-state index in [1.807, 2.05) is 47.7 Å². The minimum atomic E-state index is -0.0640. The number of aromatic nitrogens is 4. The van der Waals surface area contributed by atoms with Crippen LogP contribution in [0.2, 0.25) is 0 Å². The summed E-state index contributed by atoms with van der Waals surface area (Å²) >= 11 is 0. The van der Waals surface area contributed by atoms with Gasteiger partial charge in [0, 0.05) is 69.0 Å². The molecule has 2 aliphatic rings. The van der Waals surface area contributed by atoms with E-state index < -0.39 is 0 Å². The maximum Gasteiger partial charge on any atom is 0.274 e. The molecule has 0 bridgehead atoms. The molecule has 2 aliphatic heterocycles. The molecule has 1 amide bonds. The second kappa shape index (κ2) is 9.54. The normalized spacial score (nSPS) is 16.5. The van der Waals surface area contributed by atoms with Gasteiger partial charge in [-0.05, 0) is 68.2 Å². The summed E-state index contributed by atoms with van der Waals surface area (Å²) in [5.74, 6) is -0.0640. The zero-order chi connectivity index (χ0) is 23.7. The molecule has 0 aliphatic carbocycles. The van der Waals surface area contributed by atoms with Crippen molar-refractivity contribution in [2.24, 2.45) is 7.05 Å². The largest absolute Gasteiger partial charge is 0.332 e. The maximum atomic E-state index is 13.6. The van der Waals surface area contributed by atoms with Crippen molar-refractivity contribution >= 4 is 5.91 Å². The predicted octanol–water partition coefficient (Wildman–Crippen LogP) is 2.64. The van der Waals surface area contributed by atoms with Gasteiger partial charge >= 0.3 is 0 Å². The number of hydrogen-bond acceptors (Lipinski definition) is 5. The molecule has 0 spiro atoms. The van der Waals surface area contributed by atoms with E-state index in [0.29, 0.717) is 37.3 Å². The first-order chi connectivity index (χ1) is 16.5. The highest BCUT2D eigenvalue weighted by Crippen LogP contribution is 2.25. The molecular formula is C26H32N6O2. The maximum absolute atomic E-state index is 13.6. The van der Waals surface area contributed by atoms with Gasteiger partial charge in [0.05, 0.1) is 0 Å². The Bertz CT molecular complexity index is 1220. The Kier molecular flexibility index (Phi) is 6.32. The summed E-state index contributed by atoms with van der Waals surface area (Å²) in [7, 11) is 1.85. The van der Waals surface area contributed by atoms with E-state index in [9.17, 15) is 9.59 Å². The van der Waals surface area contributed by atoms with Crippen LogP contribution in [0.4, 0.5) is 0 Å². The molecule has 0 saturated carbocycles. The van der Waals surface area contributed by atoms with Crippen LogP contribution in [0.25, 0.3) is 11.1 Å². The lowest BCUT2D eigenvalue weighted by Gasteiger charge is -2.32. The van der Waals surface area contributed by atoms with Gasteiger partial charge in [-0.15, -0.1) is 0 Å². The topological polar surface area (TPSA) is 76.3 Å². The highest BCUT2D eigenvalue weighted by atomic mass is 16.2. The lowest BCUT2D eigenvalue weighted by Crippen LogP contribution is -2.41. The van der Waals surface area contributed by atoms with Crippen LogP contribution in [0.15, 0.2) is 41.5 Å². The number of aryl methyl sites for hydroxylation is 2. The summed E-state index contributed by atoms with van der Waals surface area (Å²) in [5.41, 5.74) is 5.09. The van der Waals surface area contributed by atoms with E-state index in [2.05, 4.69) is 15.0 Å². The van der Waals surface area contributed by atoms with Crippen molar-refractivity contribution in [1.82, 2.24) is 29.1 Å². The Morgan fingerprint density at radius 1 is 1.03 bits per heavy atom. The van der Waals surface area contributed by atoms with Gasteiger partial charge in [-0.2, -0.15) is 5.10 Å². The average molecular weight is 461 g/mol. The van der Waals surface area contributed by atoms with Gasteiger partial charge in [0.2, 0.25) is 0 Å². The molecule has 5 rings (SSSR count).